The number of nitrogens with zero attached hydrogens (tertiary/aromatic N) is 2. The number of hydrogen-bond acceptors (Lipinski definition) is 3. The first-order valence-electron chi connectivity index (χ1n) is 10.7. The molecule has 6 heteroatoms. The lowest BCUT2D eigenvalue weighted by Crippen LogP contribution is -2.49. The zero-order valence-corrected chi connectivity index (χ0v) is 20.2. The Balaban J connectivity index is 0.00000205. The number of halogens is 1. The summed E-state index contributed by atoms with van der Waals surface area (Å²) in [5.74, 6) is 3.38. The summed E-state index contributed by atoms with van der Waals surface area (Å²) in [6, 6.07) is 13.9. The molecule has 1 aromatic heterocycles. The Morgan fingerprint density at radius 1 is 1.14 bits per heavy atom. The molecule has 2 aliphatic carbocycles. The third kappa shape index (κ3) is 4.43. The molecule has 0 amide bonds. The van der Waals surface area contributed by atoms with E-state index in [1.54, 1.807) is 11.1 Å². The summed E-state index contributed by atoms with van der Waals surface area (Å²) in [6.07, 6.45) is 4.94. The maximum absolute atomic E-state index is 4.50. The molecular formula is C23H31IN4S. The van der Waals surface area contributed by atoms with Gasteiger partial charge in [-0.2, -0.15) is 0 Å². The molecule has 1 saturated carbocycles. The van der Waals surface area contributed by atoms with Gasteiger partial charge in [0, 0.05) is 32.7 Å². The van der Waals surface area contributed by atoms with Gasteiger partial charge in [0.15, 0.2) is 5.96 Å². The van der Waals surface area contributed by atoms with Crippen LogP contribution in [0.25, 0.3) is 0 Å². The number of hydrogen-bond donors (Lipinski definition) is 2. The number of aliphatic imine (C=N–C) groups is 1. The third-order valence-corrected chi connectivity index (χ3v) is 7.80. The number of anilines is 1. The number of thiophene rings is 1. The first kappa shape index (κ1) is 21.0. The van der Waals surface area contributed by atoms with Gasteiger partial charge in [0.2, 0.25) is 0 Å². The number of benzene rings is 1. The Morgan fingerprint density at radius 2 is 1.97 bits per heavy atom. The molecule has 156 valence electrons. The van der Waals surface area contributed by atoms with E-state index in [1.165, 1.54) is 30.7 Å². The van der Waals surface area contributed by atoms with Crippen molar-refractivity contribution in [3.63, 3.8) is 0 Å². The van der Waals surface area contributed by atoms with E-state index in [0.717, 1.165) is 43.3 Å². The lowest BCUT2D eigenvalue weighted by atomic mass is 9.92. The number of rotatable bonds is 4. The van der Waals surface area contributed by atoms with Crippen LogP contribution in [-0.4, -0.2) is 38.7 Å². The molecule has 0 spiro atoms. The fourth-order valence-corrected chi connectivity index (χ4v) is 6.07. The molecule has 4 nitrogen and oxygen atoms in total. The van der Waals surface area contributed by atoms with Gasteiger partial charge >= 0.3 is 0 Å². The summed E-state index contributed by atoms with van der Waals surface area (Å²) in [7, 11) is 1.89. The highest BCUT2D eigenvalue weighted by Crippen LogP contribution is 2.59. The smallest absolute Gasteiger partial charge is 0.191 e. The number of guanidine groups is 1. The van der Waals surface area contributed by atoms with Gasteiger partial charge in [-0.05, 0) is 72.1 Å². The lowest BCUT2D eigenvalue weighted by Gasteiger charge is -2.33. The van der Waals surface area contributed by atoms with Crippen molar-refractivity contribution in [3.8, 4) is 0 Å². The van der Waals surface area contributed by atoms with E-state index < -0.39 is 0 Å². The first-order valence-corrected chi connectivity index (χ1v) is 11.5. The summed E-state index contributed by atoms with van der Waals surface area (Å²) in [6.45, 7) is 3.29. The minimum atomic E-state index is 0. The minimum absolute atomic E-state index is 0. The van der Waals surface area contributed by atoms with Gasteiger partial charge in [0.1, 0.15) is 0 Å². The Bertz CT molecular complexity index is 829. The SMILES string of the molecule is CN=C(NCC1C2CCc3ccccc3C21)NC1CCN(c2cccs2)CC1.I. The molecule has 1 aromatic carbocycles. The van der Waals surface area contributed by atoms with E-state index in [2.05, 4.69) is 62.3 Å². The van der Waals surface area contributed by atoms with Crippen LogP contribution in [0.15, 0.2) is 46.8 Å². The molecule has 2 N–H and O–H groups in total. The van der Waals surface area contributed by atoms with Gasteiger partial charge in [0.05, 0.1) is 5.00 Å². The van der Waals surface area contributed by atoms with Gasteiger partial charge in [-0.1, -0.05) is 24.3 Å². The summed E-state index contributed by atoms with van der Waals surface area (Å²) < 4.78 is 0. The summed E-state index contributed by atoms with van der Waals surface area (Å²) >= 11 is 1.84. The number of aryl methyl sites for hydroxylation is 1. The van der Waals surface area contributed by atoms with E-state index in [9.17, 15) is 0 Å². The van der Waals surface area contributed by atoms with E-state index in [0.29, 0.717) is 6.04 Å². The fourth-order valence-electron chi connectivity index (χ4n) is 5.28. The molecular weight excluding hydrogens is 491 g/mol. The number of piperidine rings is 1. The average molecular weight is 523 g/mol. The summed E-state index contributed by atoms with van der Waals surface area (Å²) in [5.41, 5.74) is 3.18. The van der Waals surface area contributed by atoms with Crippen molar-refractivity contribution in [1.82, 2.24) is 10.6 Å². The molecule has 0 bridgehead atoms. The molecule has 2 aromatic rings. The Hall–Kier alpha value is -1.28. The zero-order valence-electron chi connectivity index (χ0n) is 17.0. The Kier molecular flexibility index (Phi) is 6.69. The van der Waals surface area contributed by atoms with E-state index in [4.69, 9.17) is 0 Å². The number of fused-ring (bicyclic) bond motifs is 3. The molecule has 1 aliphatic heterocycles. The molecule has 0 radical (unpaired) electrons. The van der Waals surface area contributed by atoms with Crippen molar-refractivity contribution in [2.45, 2.75) is 37.6 Å². The monoisotopic (exact) mass is 522 g/mol. The second kappa shape index (κ2) is 9.25. The van der Waals surface area contributed by atoms with Crippen LogP contribution in [0.1, 0.15) is 36.3 Å². The molecule has 2 heterocycles. The van der Waals surface area contributed by atoms with Crippen LogP contribution in [0, 0.1) is 11.8 Å². The standard InChI is InChI=1S/C23H30N4S.HI/c1-24-23(26-17-10-12-27(13-11-17)21-7-4-14-28-21)25-15-20-19-9-8-16-5-2-3-6-18(16)22(19)20;/h2-7,14,17,19-20,22H,8-13,15H2,1H3,(H2,24,25,26);1H. The Labute approximate surface area is 195 Å². The van der Waals surface area contributed by atoms with Gasteiger partial charge in [-0.3, -0.25) is 4.99 Å². The van der Waals surface area contributed by atoms with Gasteiger partial charge in [-0.25, -0.2) is 0 Å². The van der Waals surface area contributed by atoms with Crippen molar-refractivity contribution in [3.05, 3.63) is 52.9 Å². The van der Waals surface area contributed by atoms with Crippen LogP contribution in [0.3, 0.4) is 0 Å². The maximum Gasteiger partial charge on any atom is 0.191 e. The van der Waals surface area contributed by atoms with Crippen LogP contribution in [0.4, 0.5) is 5.00 Å². The second-order valence-electron chi connectivity index (χ2n) is 8.40. The predicted molar refractivity (Wildman–Crippen MR) is 134 cm³/mol. The minimum Gasteiger partial charge on any atom is -0.363 e. The normalized spacial score (nSPS) is 26.2. The van der Waals surface area contributed by atoms with Gasteiger partial charge in [0.25, 0.3) is 0 Å². The quantitative estimate of drug-likeness (QED) is 0.354. The molecule has 2 fully saturated rings. The maximum atomic E-state index is 4.50. The lowest BCUT2D eigenvalue weighted by molar-refractivity contribution is 0.462. The Morgan fingerprint density at radius 3 is 2.72 bits per heavy atom. The fraction of sp³-hybridized carbons (Fsp3) is 0.522. The predicted octanol–water partition coefficient (Wildman–Crippen LogP) is 4.48. The van der Waals surface area contributed by atoms with Crippen LogP contribution < -0.4 is 15.5 Å². The molecule has 29 heavy (non-hydrogen) atoms. The van der Waals surface area contributed by atoms with Gasteiger partial charge < -0.3 is 15.5 Å². The third-order valence-electron chi connectivity index (χ3n) is 6.88. The highest BCUT2D eigenvalue weighted by Gasteiger charge is 2.52. The van der Waals surface area contributed by atoms with Crippen LogP contribution in [-0.2, 0) is 6.42 Å². The van der Waals surface area contributed by atoms with Crippen LogP contribution >= 0.6 is 35.3 Å². The van der Waals surface area contributed by atoms with Crippen molar-refractivity contribution in [1.29, 1.82) is 0 Å². The van der Waals surface area contributed by atoms with Gasteiger partial charge in [-0.15, -0.1) is 35.3 Å². The molecule has 1 saturated heterocycles. The van der Waals surface area contributed by atoms with Crippen LogP contribution in [0.5, 0.6) is 0 Å². The van der Waals surface area contributed by atoms with E-state index in [1.807, 2.05) is 18.4 Å². The van der Waals surface area contributed by atoms with Crippen molar-refractivity contribution < 1.29 is 0 Å². The molecule has 5 rings (SSSR count). The highest BCUT2D eigenvalue weighted by atomic mass is 127. The molecule has 3 atom stereocenters. The van der Waals surface area contributed by atoms with Crippen molar-refractivity contribution >= 4 is 46.3 Å². The highest BCUT2D eigenvalue weighted by molar-refractivity contribution is 14.0. The molecule has 3 aliphatic rings. The number of nitrogens with one attached hydrogen (secondary N) is 2. The van der Waals surface area contributed by atoms with Crippen LogP contribution in [0.2, 0.25) is 0 Å². The summed E-state index contributed by atoms with van der Waals surface area (Å²) in [4.78, 5) is 7.00. The van der Waals surface area contributed by atoms with Crippen molar-refractivity contribution in [2.24, 2.45) is 16.8 Å². The second-order valence-corrected chi connectivity index (χ2v) is 9.33. The first-order chi connectivity index (χ1) is 13.8. The van der Waals surface area contributed by atoms with E-state index in [-0.39, 0.29) is 24.0 Å². The van der Waals surface area contributed by atoms with E-state index >= 15 is 0 Å². The topological polar surface area (TPSA) is 39.7 Å². The largest absolute Gasteiger partial charge is 0.363 e. The summed E-state index contributed by atoms with van der Waals surface area (Å²) in [5, 5.41) is 10.9. The zero-order chi connectivity index (χ0) is 18.9. The average Bonchev–Trinajstić information content (AvgIpc) is 3.18. The van der Waals surface area contributed by atoms with Crippen molar-refractivity contribution in [2.75, 3.05) is 31.6 Å². The molecule has 3 unspecified atom stereocenters.